The number of likely N-dealkylation sites (N-methyl/N-ethyl adjacent to an activating group) is 2. The number of anilines is 4. The molecule has 0 unspecified atom stereocenters. The number of aromatic nitrogens is 2. The Morgan fingerprint density at radius 2 is 1.81 bits per heavy atom. The van der Waals surface area contributed by atoms with E-state index in [0.717, 1.165) is 69.8 Å². The highest BCUT2D eigenvalue weighted by atomic mass is 35.5. The Kier molecular flexibility index (Phi) is 8.83. The molecule has 3 N–H and O–H groups in total. The van der Waals surface area contributed by atoms with Gasteiger partial charge in [0.15, 0.2) is 5.82 Å². The Bertz CT molecular complexity index is 1180. The average Bonchev–Trinajstić information content (AvgIpc) is 3.00. The van der Waals surface area contributed by atoms with Crippen LogP contribution in [-0.2, 0) is 16.6 Å². The average molecular weight is 557 g/mol. The summed E-state index contributed by atoms with van der Waals surface area (Å²) >= 11 is 13.1. The number of sulfonamides is 1. The predicted octanol–water partition coefficient (Wildman–Crippen LogP) is 4.46. The van der Waals surface area contributed by atoms with Gasteiger partial charge in [0.1, 0.15) is 5.02 Å². The molecule has 9 nitrogen and oxygen atoms in total. The molecule has 0 amide bonds. The summed E-state index contributed by atoms with van der Waals surface area (Å²) in [6, 6.07) is 3.75. The van der Waals surface area contributed by atoms with Gasteiger partial charge in [-0.1, -0.05) is 43.0 Å². The van der Waals surface area contributed by atoms with Crippen LogP contribution in [0.4, 0.5) is 23.1 Å². The Morgan fingerprint density at radius 3 is 2.50 bits per heavy atom. The monoisotopic (exact) mass is 555 g/mol. The molecule has 198 valence electrons. The van der Waals surface area contributed by atoms with Gasteiger partial charge in [-0.2, -0.15) is 4.98 Å². The largest absolute Gasteiger partial charge is 0.370 e. The summed E-state index contributed by atoms with van der Waals surface area (Å²) in [4.78, 5) is 13.7. The number of rotatable bonds is 8. The van der Waals surface area contributed by atoms with Gasteiger partial charge in [-0.25, -0.2) is 18.1 Å². The van der Waals surface area contributed by atoms with Crippen LogP contribution in [0, 0.1) is 0 Å². The summed E-state index contributed by atoms with van der Waals surface area (Å²) in [5.41, 5.74) is 3.08. The zero-order valence-corrected chi connectivity index (χ0v) is 23.3. The number of hydrogen-bond donors (Lipinski definition) is 3. The minimum Gasteiger partial charge on any atom is -0.370 e. The van der Waals surface area contributed by atoms with E-state index in [0.29, 0.717) is 21.8 Å². The molecule has 1 aliphatic heterocycles. The summed E-state index contributed by atoms with van der Waals surface area (Å²) in [5, 5.41) is 7.58. The first-order valence-electron chi connectivity index (χ1n) is 12.5. The summed E-state index contributed by atoms with van der Waals surface area (Å²) < 4.78 is 26.4. The third-order valence-electron chi connectivity index (χ3n) is 6.86. The van der Waals surface area contributed by atoms with Gasteiger partial charge in [-0.15, -0.1) is 0 Å². The van der Waals surface area contributed by atoms with Crippen molar-refractivity contribution in [2.75, 3.05) is 48.0 Å². The Morgan fingerprint density at radius 1 is 1.06 bits per heavy atom. The molecule has 1 aromatic heterocycles. The fourth-order valence-corrected chi connectivity index (χ4v) is 6.18. The van der Waals surface area contributed by atoms with Crippen LogP contribution in [0.2, 0.25) is 10.0 Å². The summed E-state index contributed by atoms with van der Waals surface area (Å²) in [6.45, 7) is 9.04. The first-order valence-corrected chi connectivity index (χ1v) is 15.1. The van der Waals surface area contributed by atoms with E-state index >= 15 is 0 Å². The third-order valence-corrected chi connectivity index (χ3v) is 8.18. The second kappa shape index (κ2) is 11.7. The smallest absolute Gasteiger partial charge is 0.229 e. The Labute approximate surface area is 224 Å². The highest BCUT2D eigenvalue weighted by Gasteiger charge is 2.28. The van der Waals surface area contributed by atoms with Crippen LogP contribution < -0.4 is 20.3 Å². The molecule has 2 atom stereocenters. The number of fused-ring (bicyclic) bond motifs is 1. The van der Waals surface area contributed by atoms with E-state index in [1.165, 1.54) is 18.0 Å². The van der Waals surface area contributed by atoms with Crippen LogP contribution in [0.5, 0.6) is 0 Å². The van der Waals surface area contributed by atoms with Gasteiger partial charge in [-0.3, -0.25) is 4.90 Å². The summed E-state index contributed by atoms with van der Waals surface area (Å²) in [5.74, 6) is 0.819. The minimum absolute atomic E-state index is 0.121. The van der Waals surface area contributed by atoms with Gasteiger partial charge in [0.2, 0.25) is 16.0 Å². The van der Waals surface area contributed by atoms with Crippen LogP contribution >= 0.6 is 23.2 Å². The molecule has 4 rings (SSSR count). The van der Waals surface area contributed by atoms with Gasteiger partial charge in [0, 0.05) is 44.0 Å². The molecule has 1 aliphatic carbocycles. The molecule has 1 saturated carbocycles. The van der Waals surface area contributed by atoms with E-state index in [1.54, 1.807) is 0 Å². The molecule has 0 radical (unpaired) electrons. The molecule has 0 saturated heterocycles. The molecular weight excluding hydrogens is 521 g/mol. The topological polar surface area (TPSA) is 102 Å². The van der Waals surface area contributed by atoms with Crippen molar-refractivity contribution in [3.8, 4) is 0 Å². The standard InChI is InChI=1S/C24H35Cl2N7O2S/c1-4-32-10-11-33(5-2)22-13-21(17(25)12-16(22)15-32)29-24-27-14-18(26)23(30-24)28-19-8-6-7-9-20(19)31-36(3,34)35/h12-14,19-20,31H,4-11,15H2,1-3H3,(H2,27,28,29,30)/t19-,20-/m1/s1. The number of nitrogens with one attached hydrogen (secondary N) is 3. The van der Waals surface area contributed by atoms with Crippen LogP contribution in [0.3, 0.4) is 0 Å². The number of benzene rings is 1. The number of nitrogens with zero attached hydrogens (tertiary/aromatic N) is 4. The van der Waals surface area contributed by atoms with Crippen molar-refractivity contribution < 1.29 is 8.42 Å². The van der Waals surface area contributed by atoms with Crippen molar-refractivity contribution >= 4 is 56.4 Å². The molecule has 2 aliphatic rings. The van der Waals surface area contributed by atoms with E-state index in [9.17, 15) is 8.42 Å². The van der Waals surface area contributed by atoms with Crippen LogP contribution in [0.1, 0.15) is 45.1 Å². The molecule has 0 spiro atoms. The molecule has 2 heterocycles. The maximum absolute atomic E-state index is 11.8. The molecule has 36 heavy (non-hydrogen) atoms. The van der Waals surface area contributed by atoms with Gasteiger partial charge in [0.05, 0.1) is 23.2 Å². The number of hydrogen-bond acceptors (Lipinski definition) is 8. The van der Waals surface area contributed by atoms with Crippen molar-refractivity contribution in [1.29, 1.82) is 0 Å². The lowest BCUT2D eigenvalue weighted by atomic mass is 9.91. The molecule has 12 heteroatoms. The fourth-order valence-electron chi connectivity index (χ4n) is 4.97. The van der Waals surface area contributed by atoms with Gasteiger partial charge < -0.3 is 15.5 Å². The second-order valence-corrected chi connectivity index (χ2v) is 12.1. The first-order chi connectivity index (χ1) is 17.2. The van der Waals surface area contributed by atoms with Gasteiger partial charge in [0.25, 0.3) is 0 Å². The highest BCUT2D eigenvalue weighted by Crippen LogP contribution is 2.35. The minimum atomic E-state index is -3.32. The molecular formula is C24H35Cl2N7O2S. The van der Waals surface area contributed by atoms with Crippen molar-refractivity contribution in [2.45, 2.75) is 58.2 Å². The quantitative estimate of drug-likeness (QED) is 0.438. The normalized spacial score (nSPS) is 21.1. The molecule has 2 aromatic rings. The maximum atomic E-state index is 11.8. The van der Waals surface area contributed by atoms with E-state index in [2.05, 4.69) is 55.0 Å². The lowest BCUT2D eigenvalue weighted by Crippen LogP contribution is -2.48. The van der Waals surface area contributed by atoms with E-state index in [4.69, 9.17) is 23.2 Å². The highest BCUT2D eigenvalue weighted by molar-refractivity contribution is 7.88. The molecule has 0 bridgehead atoms. The Hall–Kier alpha value is -1.85. The van der Waals surface area contributed by atoms with Crippen molar-refractivity contribution in [1.82, 2.24) is 19.6 Å². The second-order valence-electron chi connectivity index (χ2n) is 9.46. The lowest BCUT2D eigenvalue weighted by molar-refractivity contribution is 0.293. The first kappa shape index (κ1) is 27.2. The van der Waals surface area contributed by atoms with E-state index < -0.39 is 10.0 Å². The molecule has 1 aromatic carbocycles. The lowest BCUT2D eigenvalue weighted by Gasteiger charge is -2.32. The summed E-state index contributed by atoms with van der Waals surface area (Å²) in [6.07, 6.45) is 6.26. The van der Waals surface area contributed by atoms with Gasteiger partial charge in [-0.05, 0) is 44.0 Å². The van der Waals surface area contributed by atoms with Crippen LogP contribution in [0.15, 0.2) is 18.3 Å². The zero-order valence-electron chi connectivity index (χ0n) is 21.0. The SMILES string of the molecule is CCN1CCN(CC)c2cc(Nc3ncc(Cl)c(N[C@@H]4CCCC[C@H]4NS(C)(=O)=O)n3)c(Cl)cc2C1. The number of halogens is 2. The van der Waals surface area contributed by atoms with E-state index in [1.807, 2.05) is 6.07 Å². The maximum Gasteiger partial charge on any atom is 0.229 e. The van der Waals surface area contributed by atoms with Crippen molar-refractivity contribution in [3.63, 3.8) is 0 Å². The van der Waals surface area contributed by atoms with Gasteiger partial charge >= 0.3 is 0 Å². The van der Waals surface area contributed by atoms with Crippen LogP contribution in [0.25, 0.3) is 0 Å². The fraction of sp³-hybridized carbons (Fsp3) is 0.583. The third kappa shape index (κ3) is 6.72. The van der Waals surface area contributed by atoms with Crippen LogP contribution in [-0.4, -0.2) is 67.8 Å². The van der Waals surface area contributed by atoms with E-state index in [-0.39, 0.29) is 12.1 Å². The van der Waals surface area contributed by atoms with Crippen molar-refractivity contribution in [2.24, 2.45) is 0 Å². The molecule has 1 fully saturated rings. The van der Waals surface area contributed by atoms with Crippen molar-refractivity contribution in [3.05, 3.63) is 33.9 Å². The zero-order chi connectivity index (χ0) is 25.9. The Balaban J connectivity index is 1.57. The summed E-state index contributed by atoms with van der Waals surface area (Å²) in [7, 11) is -3.32. The predicted molar refractivity (Wildman–Crippen MR) is 148 cm³/mol.